The molecule has 1 fully saturated rings. The lowest BCUT2D eigenvalue weighted by Crippen LogP contribution is -2.31. The van der Waals surface area contributed by atoms with Crippen molar-refractivity contribution in [2.45, 2.75) is 32.2 Å². The minimum absolute atomic E-state index is 0.252. The molecule has 78 valence electrons. The molecule has 0 amide bonds. The third kappa shape index (κ3) is 6.05. The predicted octanol–water partition coefficient (Wildman–Crippen LogP) is 0.809. The van der Waals surface area contributed by atoms with Crippen molar-refractivity contribution in [1.82, 2.24) is 5.32 Å². The first-order valence-corrected chi connectivity index (χ1v) is 6.94. The van der Waals surface area contributed by atoms with Crippen LogP contribution in [0, 0.1) is 5.92 Å². The molecule has 0 aliphatic heterocycles. The van der Waals surface area contributed by atoms with Crippen LogP contribution in [0.15, 0.2) is 0 Å². The van der Waals surface area contributed by atoms with Crippen LogP contribution in [0.2, 0.25) is 0 Å². The van der Waals surface area contributed by atoms with E-state index in [0.29, 0.717) is 12.6 Å². The molecule has 1 aliphatic rings. The standard InChI is InChI=1S/C9H19NO2S/c1-8(7-9-3-4-9)10-5-6-13(2,11)12/h8-10H,3-7H2,1-2H3. The van der Waals surface area contributed by atoms with Crippen LogP contribution in [0.1, 0.15) is 26.2 Å². The Morgan fingerprint density at radius 2 is 2.08 bits per heavy atom. The summed E-state index contributed by atoms with van der Waals surface area (Å²) in [6.07, 6.45) is 5.19. The molecule has 1 aliphatic carbocycles. The topological polar surface area (TPSA) is 46.2 Å². The first-order valence-electron chi connectivity index (χ1n) is 4.88. The maximum absolute atomic E-state index is 10.8. The molecular formula is C9H19NO2S. The Morgan fingerprint density at radius 1 is 1.46 bits per heavy atom. The van der Waals surface area contributed by atoms with Gasteiger partial charge < -0.3 is 5.32 Å². The molecule has 1 saturated carbocycles. The van der Waals surface area contributed by atoms with Gasteiger partial charge in [0.15, 0.2) is 0 Å². The van der Waals surface area contributed by atoms with Crippen LogP contribution in [0.4, 0.5) is 0 Å². The fourth-order valence-electron chi connectivity index (χ4n) is 1.43. The highest BCUT2D eigenvalue weighted by Crippen LogP contribution is 2.33. The second-order valence-corrected chi connectivity index (χ2v) is 6.42. The molecule has 0 bridgehead atoms. The summed E-state index contributed by atoms with van der Waals surface area (Å²) in [5, 5.41) is 3.23. The van der Waals surface area contributed by atoms with Crippen molar-refractivity contribution in [2.75, 3.05) is 18.6 Å². The fourth-order valence-corrected chi connectivity index (χ4v) is 1.92. The molecule has 0 spiro atoms. The van der Waals surface area contributed by atoms with E-state index < -0.39 is 9.84 Å². The molecule has 0 saturated heterocycles. The highest BCUT2D eigenvalue weighted by molar-refractivity contribution is 7.90. The van der Waals surface area contributed by atoms with Gasteiger partial charge in [0.05, 0.1) is 5.75 Å². The summed E-state index contributed by atoms with van der Waals surface area (Å²) in [6.45, 7) is 2.72. The third-order valence-corrected chi connectivity index (χ3v) is 3.30. The third-order valence-electron chi connectivity index (χ3n) is 2.35. The van der Waals surface area contributed by atoms with Crippen molar-refractivity contribution in [3.63, 3.8) is 0 Å². The summed E-state index contributed by atoms with van der Waals surface area (Å²) in [5.74, 6) is 1.16. The van der Waals surface area contributed by atoms with Crippen LogP contribution < -0.4 is 5.32 Å². The quantitative estimate of drug-likeness (QED) is 0.698. The maximum Gasteiger partial charge on any atom is 0.148 e. The van der Waals surface area contributed by atoms with Crippen molar-refractivity contribution in [2.24, 2.45) is 5.92 Å². The van der Waals surface area contributed by atoms with E-state index in [9.17, 15) is 8.42 Å². The summed E-state index contributed by atoms with van der Waals surface area (Å²) < 4.78 is 21.6. The molecule has 4 heteroatoms. The molecule has 0 aromatic carbocycles. The summed E-state index contributed by atoms with van der Waals surface area (Å²) >= 11 is 0. The van der Waals surface area contributed by atoms with Crippen LogP contribution in [-0.2, 0) is 9.84 Å². The van der Waals surface area contributed by atoms with Crippen molar-refractivity contribution in [3.8, 4) is 0 Å². The minimum atomic E-state index is -2.80. The number of rotatable bonds is 6. The van der Waals surface area contributed by atoms with E-state index in [0.717, 1.165) is 5.92 Å². The largest absolute Gasteiger partial charge is 0.313 e. The number of nitrogens with one attached hydrogen (secondary N) is 1. The van der Waals surface area contributed by atoms with Crippen LogP contribution in [0.3, 0.4) is 0 Å². The maximum atomic E-state index is 10.8. The second kappa shape index (κ2) is 4.42. The molecule has 13 heavy (non-hydrogen) atoms. The van der Waals surface area contributed by atoms with Crippen molar-refractivity contribution in [1.29, 1.82) is 0 Å². The van der Waals surface area contributed by atoms with E-state index in [1.165, 1.54) is 25.5 Å². The van der Waals surface area contributed by atoms with Gasteiger partial charge in [-0.15, -0.1) is 0 Å². The molecule has 1 unspecified atom stereocenters. The summed E-state index contributed by atoms with van der Waals surface area (Å²) in [4.78, 5) is 0. The Balaban J connectivity index is 2.04. The predicted molar refractivity (Wildman–Crippen MR) is 54.5 cm³/mol. The summed E-state index contributed by atoms with van der Waals surface area (Å²) in [6, 6.07) is 0.467. The van der Waals surface area contributed by atoms with E-state index >= 15 is 0 Å². The van der Waals surface area contributed by atoms with Crippen molar-refractivity contribution in [3.05, 3.63) is 0 Å². The second-order valence-electron chi connectivity index (χ2n) is 4.16. The Kier molecular flexibility index (Phi) is 3.74. The van der Waals surface area contributed by atoms with Gasteiger partial charge in [0, 0.05) is 18.8 Å². The van der Waals surface area contributed by atoms with E-state index in [-0.39, 0.29) is 5.75 Å². The molecule has 1 N–H and O–H groups in total. The fraction of sp³-hybridized carbons (Fsp3) is 1.00. The van der Waals surface area contributed by atoms with Crippen LogP contribution in [0.5, 0.6) is 0 Å². The van der Waals surface area contributed by atoms with Gasteiger partial charge in [0.1, 0.15) is 9.84 Å². The lowest BCUT2D eigenvalue weighted by molar-refractivity contribution is 0.500. The van der Waals surface area contributed by atoms with Crippen LogP contribution in [-0.4, -0.2) is 33.0 Å². The average Bonchev–Trinajstić information content (AvgIpc) is 2.68. The Morgan fingerprint density at radius 3 is 2.54 bits per heavy atom. The van der Waals surface area contributed by atoms with E-state index in [1.54, 1.807) is 0 Å². The molecule has 1 rings (SSSR count). The summed E-state index contributed by atoms with van der Waals surface area (Å²) in [5.41, 5.74) is 0. The van der Waals surface area contributed by atoms with Gasteiger partial charge in [-0.05, 0) is 19.3 Å². The highest BCUT2D eigenvalue weighted by Gasteiger charge is 2.23. The number of sulfone groups is 1. The van der Waals surface area contributed by atoms with E-state index in [4.69, 9.17) is 0 Å². The monoisotopic (exact) mass is 205 g/mol. The average molecular weight is 205 g/mol. The Labute approximate surface area is 80.8 Å². The first-order chi connectivity index (χ1) is 5.97. The zero-order valence-corrected chi connectivity index (χ0v) is 9.23. The lowest BCUT2D eigenvalue weighted by Gasteiger charge is -2.12. The Hall–Kier alpha value is -0.0900. The van der Waals surface area contributed by atoms with Crippen LogP contribution in [0.25, 0.3) is 0 Å². The molecule has 3 nitrogen and oxygen atoms in total. The first kappa shape index (κ1) is 11.0. The smallest absolute Gasteiger partial charge is 0.148 e. The van der Waals surface area contributed by atoms with Gasteiger partial charge in [0.25, 0.3) is 0 Å². The molecule has 0 aromatic heterocycles. The number of hydrogen-bond acceptors (Lipinski definition) is 3. The zero-order chi connectivity index (χ0) is 9.90. The molecule has 0 heterocycles. The van der Waals surface area contributed by atoms with Crippen molar-refractivity contribution < 1.29 is 8.42 Å². The lowest BCUT2D eigenvalue weighted by atomic mass is 10.2. The van der Waals surface area contributed by atoms with Crippen molar-refractivity contribution >= 4 is 9.84 Å². The van der Waals surface area contributed by atoms with E-state index in [1.807, 2.05) is 0 Å². The SMILES string of the molecule is CC(CC1CC1)NCCS(C)(=O)=O. The molecule has 1 atom stereocenters. The van der Waals surface area contributed by atoms with E-state index in [2.05, 4.69) is 12.2 Å². The van der Waals surface area contributed by atoms with Gasteiger partial charge in [-0.25, -0.2) is 8.42 Å². The van der Waals surface area contributed by atoms with Gasteiger partial charge in [-0.3, -0.25) is 0 Å². The summed E-state index contributed by atoms with van der Waals surface area (Å²) in [7, 11) is -2.80. The minimum Gasteiger partial charge on any atom is -0.313 e. The molecular weight excluding hydrogens is 186 g/mol. The van der Waals surface area contributed by atoms with Gasteiger partial charge in [-0.2, -0.15) is 0 Å². The highest BCUT2D eigenvalue weighted by atomic mass is 32.2. The molecule has 0 aromatic rings. The Bertz CT molecular complexity index is 244. The zero-order valence-electron chi connectivity index (χ0n) is 8.41. The van der Waals surface area contributed by atoms with Gasteiger partial charge in [0.2, 0.25) is 0 Å². The van der Waals surface area contributed by atoms with Crippen LogP contribution >= 0.6 is 0 Å². The van der Waals surface area contributed by atoms with Gasteiger partial charge in [-0.1, -0.05) is 12.8 Å². The molecule has 0 radical (unpaired) electrons. The normalized spacial score (nSPS) is 20.2. The number of hydrogen-bond donors (Lipinski definition) is 1. The van der Waals surface area contributed by atoms with Gasteiger partial charge >= 0.3 is 0 Å².